The lowest BCUT2D eigenvalue weighted by Crippen LogP contribution is -2.11. The first-order chi connectivity index (χ1) is 9.18. The molecule has 0 unspecified atom stereocenters. The molecule has 0 fully saturated rings. The van der Waals surface area contributed by atoms with Gasteiger partial charge in [-0.1, -0.05) is 24.3 Å². The minimum atomic E-state index is -1.01. The average Bonchev–Trinajstić information content (AvgIpc) is 2.41. The normalized spacial score (nSPS) is 10.2. The van der Waals surface area contributed by atoms with Gasteiger partial charge in [0.05, 0.1) is 5.69 Å². The molecule has 0 bridgehead atoms. The zero-order valence-electron chi connectivity index (χ0n) is 10.8. The SMILES string of the molecule is Cc1ccccc1CCNc1cccnc1C(=O)O. The Morgan fingerprint density at radius 1 is 1.26 bits per heavy atom. The second-order valence-electron chi connectivity index (χ2n) is 4.31. The molecule has 2 rings (SSSR count). The molecule has 0 atom stereocenters. The van der Waals surface area contributed by atoms with Gasteiger partial charge >= 0.3 is 5.97 Å². The molecule has 4 nitrogen and oxygen atoms in total. The van der Waals surface area contributed by atoms with Crippen LogP contribution in [-0.4, -0.2) is 22.6 Å². The maximum atomic E-state index is 11.0. The van der Waals surface area contributed by atoms with Gasteiger partial charge in [-0.25, -0.2) is 9.78 Å². The van der Waals surface area contributed by atoms with Gasteiger partial charge in [0.1, 0.15) is 0 Å². The van der Waals surface area contributed by atoms with E-state index >= 15 is 0 Å². The second kappa shape index (κ2) is 6.00. The first kappa shape index (κ1) is 13.1. The van der Waals surface area contributed by atoms with Crippen molar-refractivity contribution in [2.45, 2.75) is 13.3 Å². The van der Waals surface area contributed by atoms with E-state index in [-0.39, 0.29) is 5.69 Å². The summed E-state index contributed by atoms with van der Waals surface area (Å²) in [5.41, 5.74) is 3.13. The van der Waals surface area contributed by atoms with Crippen LogP contribution in [0.1, 0.15) is 21.6 Å². The Labute approximate surface area is 112 Å². The summed E-state index contributed by atoms with van der Waals surface area (Å²) in [5, 5.41) is 12.2. The van der Waals surface area contributed by atoms with Crippen molar-refractivity contribution in [2.75, 3.05) is 11.9 Å². The minimum Gasteiger partial charge on any atom is -0.476 e. The number of pyridine rings is 1. The summed E-state index contributed by atoms with van der Waals surface area (Å²) in [6.45, 7) is 2.75. The van der Waals surface area contributed by atoms with Gasteiger partial charge in [-0.15, -0.1) is 0 Å². The zero-order chi connectivity index (χ0) is 13.7. The third-order valence-corrected chi connectivity index (χ3v) is 2.98. The summed E-state index contributed by atoms with van der Waals surface area (Å²) in [7, 11) is 0. The average molecular weight is 256 g/mol. The molecule has 0 aliphatic heterocycles. The molecule has 1 heterocycles. The molecule has 0 radical (unpaired) electrons. The van der Waals surface area contributed by atoms with Crippen molar-refractivity contribution >= 4 is 11.7 Å². The second-order valence-corrected chi connectivity index (χ2v) is 4.31. The Bertz CT molecular complexity index is 582. The van der Waals surface area contributed by atoms with E-state index in [1.54, 1.807) is 12.1 Å². The number of carbonyl (C=O) groups is 1. The highest BCUT2D eigenvalue weighted by Crippen LogP contribution is 2.13. The van der Waals surface area contributed by atoms with Crippen LogP contribution in [0.2, 0.25) is 0 Å². The van der Waals surface area contributed by atoms with Gasteiger partial charge in [-0.2, -0.15) is 0 Å². The van der Waals surface area contributed by atoms with E-state index in [4.69, 9.17) is 5.11 Å². The summed E-state index contributed by atoms with van der Waals surface area (Å²) in [4.78, 5) is 14.9. The molecule has 2 N–H and O–H groups in total. The Balaban J connectivity index is 2.00. The molecule has 0 aliphatic rings. The standard InChI is InChI=1S/C15H16N2O2/c1-11-5-2-3-6-12(11)8-10-16-13-7-4-9-17-14(13)15(18)19/h2-7,9,16H,8,10H2,1H3,(H,18,19). The predicted molar refractivity (Wildman–Crippen MR) is 74.6 cm³/mol. The van der Waals surface area contributed by atoms with E-state index in [0.29, 0.717) is 12.2 Å². The van der Waals surface area contributed by atoms with Crippen LogP contribution in [0.25, 0.3) is 0 Å². The number of anilines is 1. The first-order valence-corrected chi connectivity index (χ1v) is 6.15. The number of carboxylic acids is 1. The van der Waals surface area contributed by atoms with Crippen LogP contribution in [0.5, 0.6) is 0 Å². The third kappa shape index (κ3) is 3.31. The number of hydrogen-bond acceptors (Lipinski definition) is 3. The van der Waals surface area contributed by atoms with Gasteiger partial charge in [-0.05, 0) is 36.6 Å². The lowest BCUT2D eigenvalue weighted by molar-refractivity contribution is 0.0691. The molecule has 1 aromatic carbocycles. The number of benzene rings is 1. The van der Waals surface area contributed by atoms with E-state index in [9.17, 15) is 4.79 Å². The molecule has 2 aromatic rings. The van der Waals surface area contributed by atoms with Crippen molar-refractivity contribution in [3.05, 3.63) is 59.4 Å². The third-order valence-electron chi connectivity index (χ3n) is 2.98. The summed E-state index contributed by atoms with van der Waals surface area (Å²) < 4.78 is 0. The molecule has 19 heavy (non-hydrogen) atoms. The molecule has 1 aromatic heterocycles. The summed E-state index contributed by atoms with van der Waals surface area (Å²) in [5.74, 6) is -1.01. The molecule has 0 saturated carbocycles. The predicted octanol–water partition coefficient (Wildman–Crippen LogP) is 2.74. The van der Waals surface area contributed by atoms with E-state index in [2.05, 4.69) is 29.4 Å². The smallest absolute Gasteiger partial charge is 0.356 e. The first-order valence-electron chi connectivity index (χ1n) is 6.15. The quantitative estimate of drug-likeness (QED) is 0.863. The summed E-state index contributed by atoms with van der Waals surface area (Å²) in [6, 6.07) is 11.6. The zero-order valence-corrected chi connectivity index (χ0v) is 10.8. The lowest BCUT2D eigenvalue weighted by atomic mass is 10.1. The van der Waals surface area contributed by atoms with Crippen molar-refractivity contribution in [3.63, 3.8) is 0 Å². The highest BCUT2D eigenvalue weighted by Gasteiger charge is 2.10. The number of aryl methyl sites for hydroxylation is 1. The Kier molecular flexibility index (Phi) is 4.13. The van der Waals surface area contributed by atoms with Crippen molar-refractivity contribution in [1.82, 2.24) is 4.98 Å². The van der Waals surface area contributed by atoms with Crippen molar-refractivity contribution in [3.8, 4) is 0 Å². The molecule has 0 saturated heterocycles. The van der Waals surface area contributed by atoms with E-state index in [1.165, 1.54) is 17.3 Å². The number of hydrogen-bond donors (Lipinski definition) is 2. The van der Waals surface area contributed by atoms with Crippen LogP contribution in [0.3, 0.4) is 0 Å². The Morgan fingerprint density at radius 3 is 2.79 bits per heavy atom. The summed E-state index contributed by atoms with van der Waals surface area (Å²) in [6.07, 6.45) is 2.33. The van der Waals surface area contributed by atoms with Crippen LogP contribution in [0, 0.1) is 6.92 Å². The Hall–Kier alpha value is -2.36. The number of nitrogens with zero attached hydrogens (tertiary/aromatic N) is 1. The van der Waals surface area contributed by atoms with Crippen LogP contribution in [0.15, 0.2) is 42.6 Å². The molecular weight excluding hydrogens is 240 g/mol. The maximum absolute atomic E-state index is 11.0. The highest BCUT2D eigenvalue weighted by atomic mass is 16.4. The molecule has 4 heteroatoms. The van der Waals surface area contributed by atoms with E-state index < -0.39 is 5.97 Å². The van der Waals surface area contributed by atoms with Crippen LogP contribution in [-0.2, 0) is 6.42 Å². The van der Waals surface area contributed by atoms with Gasteiger partial charge < -0.3 is 10.4 Å². The van der Waals surface area contributed by atoms with Crippen LogP contribution < -0.4 is 5.32 Å². The minimum absolute atomic E-state index is 0.0623. The fraction of sp³-hybridized carbons (Fsp3) is 0.200. The fourth-order valence-corrected chi connectivity index (χ4v) is 1.94. The largest absolute Gasteiger partial charge is 0.476 e. The van der Waals surface area contributed by atoms with Gasteiger partial charge in [0.25, 0.3) is 0 Å². The number of nitrogens with one attached hydrogen (secondary N) is 1. The van der Waals surface area contributed by atoms with Crippen molar-refractivity contribution in [2.24, 2.45) is 0 Å². The van der Waals surface area contributed by atoms with Gasteiger partial charge in [0.2, 0.25) is 0 Å². The molecule has 0 amide bonds. The Morgan fingerprint density at radius 2 is 2.05 bits per heavy atom. The maximum Gasteiger partial charge on any atom is 0.356 e. The molecule has 0 aliphatic carbocycles. The number of aromatic carboxylic acids is 1. The number of carboxylic acid groups (broad SMARTS) is 1. The van der Waals surface area contributed by atoms with Gasteiger partial charge in [0.15, 0.2) is 5.69 Å². The highest BCUT2D eigenvalue weighted by molar-refractivity contribution is 5.91. The summed E-state index contributed by atoms with van der Waals surface area (Å²) >= 11 is 0. The molecular formula is C15H16N2O2. The van der Waals surface area contributed by atoms with Crippen LogP contribution in [0.4, 0.5) is 5.69 Å². The monoisotopic (exact) mass is 256 g/mol. The molecule has 0 spiro atoms. The van der Waals surface area contributed by atoms with E-state index in [0.717, 1.165) is 6.42 Å². The molecule has 98 valence electrons. The fourth-order valence-electron chi connectivity index (χ4n) is 1.94. The topological polar surface area (TPSA) is 62.2 Å². The number of aromatic nitrogens is 1. The van der Waals surface area contributed by atoms with Crippen molar-refractivity contribution in [1.29, 1.82) is 0 Å². The van der Waals surface area contributed by atoms with Gasteiger partial charge in [-0.3, -0.25) is 0 Å². The van der Waals surface area contributed by atoms with Crippen molar-refractivity contribution < 1.29 is 9.90 Å². The lowest BCUT2D eigenvalue weighted by Gasteiger charge is -2.09. The number of rotatable bonds is 5. The van der Waals surface area contributed by atoms with Crippen LogP contribution >= 0.6 is 0 Å². The van der Waals surface area contributed by atoms with E-state index in [1.807, 2.05) is 12.1 Å². The van der Waals surface area contributed by atoms with Gasteiger partial charge in [0, 0.05) is 12.7 Å².